The highest BCUT2D eigenvalue weighted by Crippen LogP contribution is 2.26. The van der Waals surface area contributed by atoms with Crippen LogP contribution in [0, 0.1) is 5.92 Å². The summed E-state index contributed by atoms with van der Waals surface area (Å²) in [7, 11) is 1.90. The molecule has 3 N–H and O–H groups in total. The van der Waals surface area contributed by atoms with Crippen molar-refractivity contribution in [2.75, 3.05) is 12.4 Å². The third-order valence-corrected chi connectivity index (χ3v) is 5.69. The highest BCUT2D eigenvalue weighted by atomic mass is 35.5. The molecule has 0 spiro atoms. The molecule has 2 atom stereocenters. The third-order valence-electron chi connectivity index (χ3n) is 5.69. The molecule has 26 heavy (non-hydrogen) atoms. The van der Waals surface area contributed by atoms with Gasteiger partial charge in [0, 0.05) is 36.3 Å². The first-order chi connectivity index (χ1) is 12.0. The Kier molecular flexibility index (Phi) is 7.47. The zero-order valence-corrected chi connectivity index (χ0v) is 16.3. The summed E-state index contributed by atoms with van der Waals surface area (Å²) in [6.07, 6.45) is 8.41. The van der Waals surface area contributed by atoms with Crippen molar-refractivity contribution in [3.63, 3.8) is 0 Å². The number of carbonyl (C=O) groups excluding carboxylic acids is 2. The highest BCUT2D eigenvalue weighted by molar-refractivity contribution is 5.96. The lowest BCUT2D eigenvalue weighted by Gasteiger charge is -2.31. The minimum atomic E-state index is 0. The number of carbonyl (C=O) groups is 2. The van der Waals surface area contributed by atoms with E-state index >= 15 is 0 Å². The van der Waals surface area contributed by atoms with Crippen molar-refractivity contribution in [1.29, 1.82) is 0 Å². The first-order valence-electron chi connectivity index (χ1n) is 9.48. The lowest BCUT2D eigenvalue weighted by molar-refractivity contribution is -0.119. The van der Waals surface area contributed by atoms with E-state index in [0.717, 1.165) is 37.8 Å². The van der Waals surface area contributed by atoms with Gasteiger partial charge in [-0.1, -0.05) is 19.3 Å². The molecule has 2 aliphatic carbocycles. The number of benzene rings is 1. The molecular formula is C20H30ClN3O2. The van der Waals surface area contributed by atoms with Crippen LogP contribution in [0.25, 0.3) is 0 Å². The molecule has 2 amide bonds. The van der Waals surface area contributed by atoms with Crippen molar-refractivity contribution < 1.29 is 9.59 Å². The van der Waals surface area contributed by atoms with Gasteiger partial charge in [-0.3, -0.25) is 9.59 Å². The Morgan fingerprint density at radius 3 is 2.27 bits per heavy atom. The number of rotatable bonds is 4. The minimum absolute atomic E-state index is 0. The highest BCUT2D eigenvalue weighted by Gasteiger charge is 2.28. The summed E-state index contributed by atoms with van der Waals surface area (Å²) in [5, 5.41) is 2.94. The van der Waals surface area contributed by atoms with Gasteiger partial charge in [0.15, 0.2) is 0 Å². The predicted molar refractivity (Wildman–Crippen MR) is 107 cm³/mol. The van der Waals surface area contributed by atoms with Crippen LogP contribution in [0.2, 0.25) is 0 Å². The lowest BCUT2D eigenvalue weighted by atomic mass is 9.94. The number of nitrogens with zero attached hydrogens (tertiary/aromatic N) is 1. The van der Waals surface area contributed by atoms with Gasteiger partial charge in [0.25, 0.3) is 5.91 Å². The van der Waals surface area contributed by atoms with Crippen LogP contribution in [-0.2, 0) is 4.79 Å². The summed E-state index contributed by atoms with van der Waals surface area (Å²) in [6, 6.07) is 7.73. The molecule has 6 heteroatoms. The lowest BCUT2D eigenvalue weighted by Crippen LogP contribution is -2.38. The Morgan fingerprint density at radius 1 is 1.04 bits per heavy atom. The number of halogens is 1. The van der Waals surface area contributed by atoms with Crippen LogP contribution in [0.1, 0.15) is 61.7 Å². The van der Waals surface area contributed by atoms with Crippen molar-refractivity contribution in [1.82, 2.24) is 4.90 Å². The Hall–Kier alpha value is -1.59. The molecule has 2 fully saturated rings. The molecule has 0 aromatic heterocycles. The molecule has 1 aromatic carbocycles. The van der Waals surface area contributed by atoms with Crippen molar-refractivity contribution in [2.45, 2.75) is 63.5 Å². The summed E-state index contributed by atoms with van der Waals surface area (Å²) in [4.78, 5) is 26.8. The number of nitrogens with one attached hydrogen (secondary N) is 1. The van der Waals surface area contributed by atoms with Crippen LogP contribution in [0.5, 0.6) is 0 Å². The van der Waals surface area contributed by atoms with Gasteiger partial charge in [-0.2, -0.15) is 0 Å². The van der Waals surface area contributed by atoms with E-state index in [4.69, 9.17) is 5.73 Å². The first kappa shape index (κ1) is 20.7. The SMILES string of the molecule is CN(C(=O)c1ccc(NC(=O)C2CCC(N)C2)cc1)C1CCCCC1.Cl. The van der Waals surface area contributed by atoms with E-state index in [-0.39, 0.29) is 36.2 Å². The molecule has 0 radical (unpaired) electrons. The molecule has 144 valence electrons. The average molecular weight is 380 g/mol. The van der Waals surface area contributed by atoms with Crippen molar-refractivity contribution >= 4 is 29.9 Å². The van der Waals surface area contributed by atoms with Crippen molar-refractivity contribution in [3.8, 4) is 0 Å². The Bertz CT molecular complexity index is 614. The number of anilines is 1. The van der Waals surface area contributed by atoms with E-state index in [9.17, 15) is 9.59 Å². The quantitative estimate of drug-likeness (QED) is 0.839. The van der Waals surface area contributed by atoms with Crippen molar-refractivity contribution in [2.24, 2.45) is 11.7 Å². The topological polar surface area (TPSA) is 75.4 Å². The van der Waals surface area contributed by atoms with Gasteiger partial charge in [0.2, 0.25) is 5.91 Å². The second-order valence-corrected chi connectivity index (χ2v) is 7.54. The van der Waals surface area contributed by atoms with Gasteiger partial charge in [0.1, 0.15) is 0 Å². The van der Waals surface area contributed by atoms with Crippen LogP contribution < -0.4 is 11.1 Å². The molecule has 1 aromatic rings. The Labute approximate surface area is 162 Å². The fourth-order valence-corrected chi connectivity index (χ4v) is 4.03. The number of amides is 2. The maximum absolute atomic E-state index is 12.6. The summed E-state index contributed by atoms with van der Waals surface area (Å²) in [6.45, 7) is 0. The fourth-order valence-electron chi connectivity index (χ4n) is 4.03. The summed E-state index contributed by atoms with van der Waals surface area (Å²) in [5.41, 5.74) is 7.29. The molecular weight excluding hydrogens is 350 g/mol. The van der Waals surface area contributed by atoms with Crippen LogP contribution in [0.3, 0.4) is 0 Å². The number of nitrogens with two attached hydrogens (primary N) is 1. The number of hydrogen-bond donors (Lipinski definition) is 2. The van der Waals surface area contributed by atoms with E-state index in [2.05, 4.69) is 5.32 Å². The Morgan fingerprint density at radius 2 is 1.69 bits per heavy atom. The molecule has 5 nitrogen and oxygen atoms in total. The van der Waals surface area contributed by atoms with E-state index in [1.807, 2.05) is 24.1 Å². The largest absolute Gasteiger partial charge is 0.339 e. The first-order valence-corrected chi connectivity index (χ1v) is 9.48. The van der Waals surface area contributed by atoms with Crippen LogP contribution in [0.15, 0.2) is 24.3 Å². The monoisotopic (exact) mass is 379 g/mol. The number of hydrogen-bond acceptors (Lipinski definition) is 3. The fraction of sp³-hybridized carbons (Fsp3) is 0.600. The smallest absolute Gasteiger partial charge is 0.253 e. The van der Waals surface area contributed by atoms with E-state index < -0.39 is 0 Å². The maximum atomic E-state index is 12.6. The van der Waals surface area contributed by atoms with Gasteiger partial charge in [-0.05, 0) is 56.4 Å². The average Bonchev–Trinajstić information content (AvgIpc) is 3.08. The van der Waals surface area contributed by atoms with Gasteiger partial charge in [-0.25, -0.2) is 0 Å². The molecule has 3 rings (SSSR count). The van der Waals surface area contributed by atoms with Gasteiger partial charge < -0.3 is 16.0 Å². The second kappa shape index (κ2) is 9.38. The standard InChI is InChI=1S/C20H29N3O2.ClH/c1-23(18-5-3-2-4-6-18)20(25)14-8-11-17(12-9-14)22-19(24)15-7-10-16(21)13-15;/h8-9,11-12,15-16,18H,2-7,10,13,21H2,1H3,(H,22,24);1H. The molecule has 0 aliphatic heterocycles. The van der Waals surface area contributed by atoms with Gasteiger partial charge in [0.05, 0.1) is 0 Å². The Balaban J connectivity index is 0.00000243. The summed E-state index contributed by atoms with van der Waals surface area (Å²) in [5.74, 6) is 0.103. The molecule has 2 aliphatic rings. The molecule has 0 bridgehead atoms. The van der Waals surface area contributed by atoms with Crippen molar-refractivity contribution in [3.05, 3.63) is 29.8 Å². The van der Waals surface area contributed by atoms with E-state index in [0.29, 0.717) is 11.6 Å². The normalized spacial score (nSPS) is 23.2. The third kappa shape index (κ3) is 4.98. The predicted octanol–water partition coefficient (Wildman–Crippen LogP) is 3.58. The van der Waals surface area contributed by atoms with Crippen LogP contribution >= 0.6 is 12.4 Å². The molecule has 2 saturated carbocycles. The van der Waals surface area contributed by atoms with E-state index in [1.165, 1.54) is 19.3 Å². The molecule has 0 saturated heterocycles. The minimum Gasteiger partial charge on any atom is -0.339 e. The molecule has 2 unspecified atom stereocenters. The zero-order valence-electron chi connectivity index (χ0n) is 15.4. The van der Waals surface area contributed by atoms with Crippen LogP contribution in [-0.4, -0.2) is 35.8 Å². The second-order valence-electron chi connectivity index (χ2n) is 7.54. The van der Waals surface area contributed by atoms with Gasteiger partial charge in [-0.15, -0.1) is 12.4 Å². The molecule has 0 heterocycles. The van der Waals surface area contributed by atoms with E-state index in [1.54, 1.807) is 12.1 Å². The van der Waals surface area contributed by atoms with Crippen LogP contribution in [0.4, 0.5) is 5.69 Å². The summed E-state index contributed by atoms with van der Waals surface area (Å²) < 4.78 is 0. The maximum Gasteiger partial charge on any atom is 0.253 e. The zero-order chi connectivity index (χ0) is 17.8. The van der Waals surface area contributed by atoms with Gasteiger partial charge >= 0.3 is 0 Å². The summed E-state index contributed by atoms with van der Waals surface area (Å²) >= 11 is 0.